The Morgan fingerprint density at radius 2 is 1.95 bits per heavy atom. The highest BCUT2D eigenvalue weighted by Gasteiger charge is 2.16. The molecule has 2 N–H and O–H groups in total. The first kappa shape index (κ1) is 16.5. The molecule has 2 amide bonds. The van der Waals surface area contributed by atoms with Gasteiger partial charge in [-0.2, -0.15) is 0 Å². The third kappa shape index (κ3) is 4.87. The van der Waals surface area contributed by atoms with Gasteiger partial charge < -0.3 is 10.6 Å². The van der Waals surface area contributed by atoms with Crippen molar-refractivity contribution in [3.63, 3.8) is 0 Å². The summed E-state index contributed by atoms with van der Waals surface area (Å²) < 4.78 is 0. The van der Waals surface area contributed by atoms with Crippen LogP contribution in [-0.2, 0) is 9.59 Å². The minimum absolute atomic E-state index is 0.109. The van der Waals surface area contributed by atoms with Gasteiger partial charge in [0.25, 0.3) is 0 Å². The van der Waals surface area contributed by atoms with Crippen LogP contribution in [0.3, 0.4) is 0 Å². The largest absolute Gasteiger partial charge is 0.368 e. The number of nitrogens with two attached hydrogens (primary N) is 1. The normalized spacial score (nSPS) is 11.1. The van der Waals surface area contributed by atoms with Gasteiger partial charge in [0.1, 0.15) is 0 Å². The molecule has 0 aliphatic heterocycles. The van der Waals surface area contributed by atoms with Crippen LogP contribution in [0.2, 0.25) is 10.0 Å². The van der Waals surface area contributed by atoms with Crippen LogP contribution >= 0.6 is 23.2 Å². The van der Waals surface area contributed by atoms with Crippen LogP contribution in [0, 0.1) is 0 Å². The second-order valence-corrected chi connectivity index (χ2v) is 5.35. The molecule has 0 aromatic heterocycles. The molecule has 4 nitrogen and oxygen atoms in total. The fourth-order valence-electron chi connectivity index (χ4n) is 1.56. The van der Waals surface area contributed by atoms with Crippen molar-refractivity contribution in [1.29, 1.82) is 0 Å². The van der Waals surface area contributed by atoms with Crippen molar-refractivity contribution in [3.8, 4) is 0 Å². The summed E-state index contributed by atoms with van der Waals surface area (Å²) in [7, 11) is 0. The number of nitrogens with zero attached hydrogens (tertiary/aromatic N) is 1. The lowest BCUT2D eigenvalue weighted by Gasteiger charge is -2.23. The number of carbonyl (C=O) groups excluding carboxylic acids is 2. The maximum absolute atomic E-state index is 12.0. The zero-order valence-corrected chi connectivity index (χ0v) is 12.8. The van der Waals surface area contributed by atoms with Crippen LogP contribution in [0.25, 0.3) is 6.08 Å². The summed E-state index contributed by atoms with van der Waals surface area (Å²) in [4.78, 5) is 24.4. The van der Waals surface area contributed by atoms with Crippen LogP contribution in [0.5, 0.6) is 0 Å². The molecular formula is C14H16Cl2N2O2. The first-order valence-electron chi connectivity index (χ1n) is 6.03. The third-order valence-electron chi connectivity index (χ3n) is 2.59. The number of carbonyl (C=O) groups is 2. The highest BCUT2D eigenvalue weighted by Crippen LogP contribution is 2.23. The summed E-state index contributed by atoms with van der Waals surface area (Å²) >= 11 is 11.7. The molecule has 1 aromatic rings. The molecule has 0 aliphatic rings. The second kappa shape index (κ2) is 7.31. The Bertz CT molecular complexity index is 542. The summed E-state index contributed by atoms with van der Waals surface area (Å²) in [6.07, 6.45) is 2.99. The zero-order chi connectivity index (χ0) is 15.3. The number of primary amides is 1. The van der Waals surface area contributed by atoms with Gasteiger partial charge in [-0.1, -0.05) is 29.3 Å². The predicted octanol–water partition coefficient (Wildman–Crippen LogP) is 2.73. The Morgan fingerprint density at radius 3 is 2.45 bits per heavy atom. The van der Waals surface area contributed by atoms with Crippen LogP contribution in [0.15, 0.2) is 24.3 Å². The van der Waals surface area contributed by atoms with Gasteiger partial charge in [0, 0.05) is 12.1 Å². The fraction of sp³-hybridized carbons (Fsp3) is 0.286. The van der Waals surface area contributed by atoms with Gasteiger partial charge in [0.05, 0.1) is 16.6 Å². The Kier molecular flexibility index (Phi) is 6.05. The average molecular weight is 315 g/mol. The first-order valence-corrected chi connectivity index (χ1v) is 6.79. The van der Waals surface area contributed by atoms with Gasteiger partial charge in [0.2, 0.25) is 11.8 Å². The Hall–Kier alpha value is -1.52. The van der Waals surface area contributed by atoms with Gasteiger partial charge in [-0.3, -0.25) is 9.59 Å². The van der Waals surface area contributed by atoms with E-state index in [1.54, 1.807) is 24.3 Å². The number of halogens is 2. The molecule has 0 saturated carbocycles. The van der Waals surface area contributed by atoms with Crippen molar-refractivity contribution < 1.29 is 9.59 Å². The predicted molar refractivity (Wildman–Crippen MR) is 81.5 cm³/mol. The number of amides is 2. The van der Waals surface area contributed by atoms with Gasteiger partial charge in [-0.25, -0.2) is 0 Å². The molecule has 0 saturated heterocycles. The van der Waals surface area contributed by atoms with Crippen molar-refractivity contribution in [1.82, 2.24) is 4.90 Å². The summed E-state index contributed by atoms with van der Waals surface area (Å²) in [5.74, 6) is -0.833. The molecule has 1 rings (SSSR count). The molecule has 20 heavy (non-hydrogen) atoms. The van der Waals surface area contributed by atoms with Gasteiger partial charge in [-0.15, -0.1) is 0 Å². The van der Waals surface area contributed by atoms with E-state index in [0.717, 1.165) is 5.56 Å². The molecule has 0 unspecified atom stereocenters. The number of benzene rings is 1. The lowest BCUT2D eigenvalue weighted by molar-refractivity contribution is -0.132. The smallest absolute Gasteiger partial charge is 0.247 e. The second-order valence-electron chi connectivity index (χ2n) is 4.53. The molecule has 0 atom stereocenters. The van der Waals surface area contributed by atoms with Crippen LogP contribution in [-0.4, -0.2) is 29.3 Å². The highest BCUT2D eigenvalue weighted by molar-refractivity contribution is 6.42. The SMILES string of the molecule is CC(C)N(CC(N)=O)C(=O)C=Cc1ccc(Cl)c(Cl)c1. The third-order valence-corrected chi connectivity index (χ3v) is 3.33. The Labute approximate surface area is 128 Å². The van der Waals surface area contributed by atoms with E-state index in [0.29, 0.717) is 10.0 Å². The Morgan fingerprint density at radius 1 is 1.30 bits per heavy atom. The highest BCUT2D eigenvalue weighted by atomic mass is 35.5. The van der Waals surface area contributed by atoms with Crippen molar-refractivity contribution in [2.45, 2.75) is 19.9 Å². The quantitative estimate of drug-likeness (QED) is 0.849. The topological polar surface area (TPSA) is 63.4 Å². The maximum atomic E-state index is 12.0. The van der Waals surface area contributed by atoms with Crippen molar-refractivity contribution >= 4 is 41.1 Å². The van der Waals surface area contributed by atoms with Crippen LogP contribution < -0.4 is 5.73 Å². The maximum Gasteiger partial charge on any atom is 0.247 e. The van der Waals surface area contributed by atoms with Crippen molar-refractivity contribution in [3.05, 3.63) is 39.9 Å². The molecule has 0 heterocycles. The molecule has 6 heteroatoms. The van der Waals surface area contributed by atoms with E-state index in [2.05, 4.69) is 0 Å². The van der Waals surface area contributed by atoms with E-state index in [4.69, 9.17) is 28.9 Å². The monoisotopic (exact) mass is 314 g/mol. The van der Waals surface area contributed by atoms with E-state index in [9.17, 15) is 9.59 Å². The van der Waals surface area contributed by atoms with E-state index >= 15 is 0 Å². The Balaban J connectivity index is 2.83. The van der Waals surface area contributed by atoms with E-state index in [-0.39, 0.29) is 18.5 Å². The molecule has 0 radical (unpaired) electrons. The van der Waals surface area contributed by atoms with Gasteiger partial charge >= 0.3 is 0 Å². The fourth-order valence-corrected chi connectivity index (χ4v) is 1.87. The lowest BCUT2D eigenvalue weighted by Crippen LogP contribution is -2.41. The van der Waals surface area contributed by atoms with Crippen LogP contribution in [0.4, 0.5) is 0 Å². The number of rotatable bonds is 5. The van der Waals surface area contributed by atoms with E-state index < -0.39 is 5.91 Å². The van der Waals surface area contributed by atoms with E-state index in [1.165, 1.54) is 11.0 Å². The molecule has 1 aromatic carbocycles. The van der Waals surface area contributed by atoms with Crippen molar-refractivity contribution in [2.75, 3.05) is 6.54 Å². The summed E-state index contributed by atoms with van der Waals surface area (Å²) in [5, 5.41) is 0.867. The lowest BCUT2D eigenvalue weighted by atomic mass is 10.2. The average Bonchev–Trinajstić information content (AvgIpc) is 2.36. The van der Waals surface area contributed by atoms with Gasteiger partial charge in [-0.05, 0) is 37.6 Å². The van der Waals surface area contributed by atoms with Crippen molar-refractivity contribution in [2.24, 2.45) is 5.73 Å². The van der Waals surface area contributed by atoms with Gasteiger partial charge in [0.15, 0.2) is 0 Å². The molecule has 0 aliphatic carbocycles. The molecule has 108 valence electrons. The molecule has 0 fully saturated rings. The summed E-state index contributed by atoms with van der Waals surface area (Å²) in [5.41, 5.74) is 5.87. The molecule has 0 spiro atoms. The summed E-state index contributed by atoms with van der Waals surface area (Å²) in [6, 6.07) is 4.93. The standard InChI is InChI=1S/C14H16Cl2N2O2/c1-9(2)18(8-13(17)19)14(20)6-4-10-3-5-11(15)12(16)7-10/h3-7,9H,8H2,1-2H3,(H2,17,19). The number of hydrogen-bond donors (Lipinski definition) is 1. The van der Waals surface area contributed by atoms with Crippen LogP contribution in [0.1, 0.15) is 19.4 Å². The summed E-state index contributed by atoms with van der Waals surface area (Å²) in [6.45, 7) is 3.52. The molecular weight excluding hydrogens is 299 g/mol. The first-order chi connectivity index (χ1) is 9.31. The van der Waals surface area contributed by atoms with E-state index in [1.807, 2.05) is 13.8 Å². The number of hydrogen-bond acceptors (Lipinski definition) is 2. The zero-order valence-electron chi connectivity index (χ0n) is 11.3. The minimum atomic E-state index is -0.546. The minimum Gasteiger partial charge on any atom is -0.368 e. The molecule has 0 bridgehead atoms.